The number of aromatic nitrogens is 2. The van der Waals surface area contributed by atoms with E-state index in [4.69, 9.17) is 9.47 Å². The van der Waals surface area contributed by atoms with E-state index in [1.165, 1.54) is 10.9 Å². The lowest BCUT2D eigenvalue weighted by molar-refractivity contribution is -0.116. The third-order valence-corrected chi connectivity index (χ3v) is 5.21. The van der Waals surface area contributed by atoms with Crippen LogP contribution in [0.15, 0.2) is 41.5 Å². The number of anilines is 1. The number of hydrogen-bond donors (Lipinski definition) is 1. The molecule has 1 aliphatic rings. The predicted octanol–water partition coefficient (Wildman–Crippen LogP) is 3.46. The summed E-state index contributed by atoms with van der Waals surface area (Å²) in [5.41, 5.74) is 3.15. The number of fused-ring (bicyclic) bond motifs is 2. The Hall–Kier alpha value is -3.35. The first kappa shape index (κ1) is 19.9. The highest BCUT2D eigenvalue weighted by Crippen LogP contribution is 2.38. The smallest absolute Gasteiger partial charge is 0.261 e. The quantitative estimate of drug-likeness (QED) is 0.677. The third-order valence-electron chi connectivity index (χ3n) is 5.21. The first-order valence-corrected chi connectivity index (χ1v) is 10.2. The van der Waals surface area contributed by atoms with Crippen LogP contribution in [-0.4, -0.2) is 28.2 Å². The van der Waals surface area contributed by atoms with E-state index in [2.05, 4.69) is 10.3 Å². The second-order valence-electron chi connectivity index (χ2n) is 7.53. The van der Waals surface area contributed by atoms with Crippen LogP contribution in [0.25, 0.3) is 10.9 Å². The van der Waals surface area contributed by atoms with Crippen molar-refractivity contribution in [1.29, 1.82) is 0 Å². The van der Waals surface area contributed by atoms with E-state index in [1.54, 1.807) is 6.07 Å². The number of amides is 1. The Morgan fingerprint density at radius 3 is 3.00 bits per heavy atom. The van der Waals surface area contributed by atoms with Gasteiger partial charge in [0.05, 0.1) is 29.5 Å². The minimum absolute atomic E-state index is 0.108. The zero-order valence-electron chi connectivity index (χ0n) is 17.4. The first-order chi connectivity index (χ1) is 14.5. The van der Waals surface area contributed by atoms with Crippen molar-refractivity contribution in [2.75, 3.05) is 11.9 Å². The molecule has 7 heteroatoms. The Morgan fingerprint density at radius 1 is 1.37 bits per heavy atom. The van der Waals surface area contributed by atoms with Crippen molar-refractivity contribution in [2.45, 2.75) is 46.3 Å². The molecule has 2 aromatic carbocycles. The standard InChI is InChI=1S/C23H25N3O4/c1-4-29-20-11-16-10-15(3)30-19(16)12-18(20)25-21(27)8-9-26-13-24-22-14(2)6-5-7-17(22)23(26)28/h5-7,11-13,15H,4,8-10H2,1-3H3,(H,25,27)/t15-/m0/s1. The average molecular weight is 407 g/mol. The van der Waals surface area contributed by atoms with Crippen LogP contribution in [0.3, 0.4) is 0 Å². The molecule has 30 heavy (non-hydrogen) atoms. The number of rotatable bonds is 6. The summed E-state index contributed by atoms with van der Waals surface area (Å²) in [5, 5.41) is 3.45. The minimum atomic E-state index is -0.210. The fourth-order valence-corrected chi connectivity index (χ4v) is 3.74. The zero-order valence-corrected chi connectivity index (χ0v) is 17.4. The molecule has 156 valence electrons. The normalized spacial score (nSPS) is 15.0. The highest BCUT2D eigenvalue weighted by Gasteiger charge is 2.22. The van der Waals surface area contributed by atoms with Crippen molar-refractivity contribution in [3.63, 3.8) is 0 Å². The number of aryl methyl sites for hydroxylation is 2. The molecule has 0 aliphatic carbocycles. The van der Waals surface area contributed by atoms with Crippen LogP contribution in [0, 0.1) is 6.92 Å². The van der Waals surface area contributed by atoms with Crippen molar-refractivity contribution in [2.24, 2.45) is 0 Å². The molecule has 0 saturated carbocycles. The van der Waals surface area contributed by atoms with Gasteiger partial charge in [-0.05, 0) is 38.5 Å². The highest BCUT2D eigenvalue weighted by atomic mass is 16.5. The Balaban J connectivity index is 1.49. The molecule has 1 atom stereocenters. The number of para-hydroxylation sites is 1. The molecule has 0 radical (unpaired) electrons. The lowest BCUT2D eigenvalue weighted by Gasteiger charge is -2.14. The lowest BCUT2D eigenvalue weighted by atomic mass is 10.1. The van der Waals surface area contributed by atoms with E-state index in [9.17, 15) is 9.59 Å². The van der Waals surface area contributed by atoms with Crippen LogP contribution in [0.5, 0.6) is 11.5 Å². The van der Waals surface area contributed by atoms with E-state index < -0.39 is 0 Å². The number of hydrogen-bond acceptors (Lipinski definition) is 5. The van der Waals surface area contributed by atoms with Gasteiger partial charge in [0.25, 0.3) is 5.56 Å². The van der Waals surface area contributed by atoms with E-state index in [0.29, 0.717) is 28.9 Å². The van der Waals surface area contributed by atoms with Crippen molar-refractivity contribution < 1.29 is 14.3 Å². The molecule has 0 saturated heterocycles. The summed E-state index contributed by atoms with van der Waals surface area (Å²) in [6, 6.07) is 9.26. The Labute approximate surface area is 174 Å². The number of nitrogens with zero attached hydrogens (tertiary/aromatic N) is 2. The van der Waals surface area contributed by atoms with Crippen molar-refractivity contribution in [3.05, 3.63) is 58.1 Å². The van der Waals surface area contributed by atoms with Crippen molar-refractivity contribution >= 4 is 22.5 Å². The van der Waals surface area contributed by atoms with E-state index in [0.717, 1.165) is 23.3 Å². The van der Waals surface area contributed by atoms with Crippen LogP contribution >= 0.6 is 0 Å². The number of nitrogens with one attached hydrogen (secondary N) is 1. The van der Waals surface area contributed by atoms with Gasteiger partial charge in [-0.3, -0.25) is 14.2 Å². The van der Waals surface area contributed by atoms with Crippen LogP contribution < -0.4 is 20.3 Å². The molecule has 4 rings (SSSR count). The predicted molar refractivity (Wildman–Crippen MR) is 115 cm³/mol. The third kappa shape index (κ3) is 3.87. The molecule has 0 unspecified atom stereocenters. The molecule has 7 nitrogen and oxygen atoms in total. The summed E-state index contributed by atoms with van der Waals surface area (Å²) in [6.07, 6.45) is 2.57. The fraction of sp³-hybridized carbons (Fsp3) is 0.348. The van der Waals surface area contributed by atoms with Gasteiger partial charge < -0.3 is 14.8 Å². The fourth-order valence-electron chi connectivity index (χ4n) is 3.74. The van der Waals surface area contributed by atoms with Gasteiger partial charge in [-0.1, -0.05) is 12.1 Å². The van der Waals surface area contributed by atoms with Crippen LogP contribution in [0.1, 0.15) is 31.4 Å². The summed E-state index contributed by atoms with van der Waals surface area (Å²) in [7, 11) is 0. The monoisotopic (exact) mass is 407 g/mol. The number of benzene rings is 2. The number of carbonyl (C=O) groups excluding carboxylic acids is 1. The SMILES string of the molecule is CCOc1cc2c(cc1NC(=O)CCn1cnc3c(C)cccc3c1=O)O[C@@H](C)C2. The lowest BCUT2D eigenvalue weighted by Crippen LogP contribution is -2.24. The maximum Gasteiger partial charge on any atom is 0.261 e. The summed E-state index contributed by atoms with van der Waals surface area (Å²) < 4.78 is 13.0. The van der Waals surface area contributed by atoms with Crippen molar-refractivity contribution in [3.8, 4) is 11.5 Å². The van der Waals surface area contributed by atoms with Gasteiger partial charge in [-0.2, -0.15) is 0 Å². The van der Waals surface area contributed by atoms with E-state index in [1.807, 2.05) is 45.0 Å². The summed E-state index contributed by atoms with van der Waals surface area (Å²) >= 11 is 0. The molecule has 1 N–H and O–H groups in total. The molecule has 1 aromatic heterocycles. The van der Waals surface area contributed by atoms with Crippen molar-refractivity contribution in [1.82, 2.24) is 9.55 Å². The molecular weight excluding hydrogens is 382 g/mol. The maximum absolute atomic E-state index is 12.7. The van der Waals surface area contributed by atoms with E-state index >= 15 is 0 Å². The molecule has 1 aliphatic heterocycles. The summed E-state index contributed by atoms with van der Waals surface area (Å²) in [4.78, 5) is 29.7. The minimum Gasteiger partial charge on any atom is -0.492 e. The van der Waals surface area contributed by atoms with Gasteiger partial charge in [-0.15, -0.1) is 0 Å². The highest BCUT2D eigenvalue weighted by molar-refractivity contribution is 5.92. The molecule has 3 aromatic rings. The molecule has 2 heterocycles. The Bertz CT molecular complexity index is 1170. The number of ether oxygens (including phenoxy) is 2. The molecule has 0 fully saturated rings. The van der Waals surface area contributed by atoms with E-state index in [-0.39, 0.29) is 30.5 Å². The average Bonchev–Trinajstić information content (AvgIpc) is 3.07. The number of carbonyl (C=O) groups is 1. The van der Waals surface area contributed by atoms with Crippen LogP contribution in [0.2, 0.25) is 0 Å². The largest absolute Gasteiger partial charge is 0.492 e. The molecule has 1 amide bonds. The molecule has 0 bridgehead atoms. The second kappa shape index (κ2) is 8.18. The van der Waals surface area contributed by atoms with Gasteiger partial charge in [0, 0.05) is 31.0 Å². The first-order valence-electron chi connectivity index (χ1n) is 10.2. The molecule has 0 spiro atoms. The van der Waals surface area contributed by atoms with Gasteiger partial charge in [0.2, 0.25) is 5.91 Å². The summed E-state index contributed by atoms with van der Waals surface area (Å²) in [5.74, 6) is 1.19. The van der Waals surface area contributed by atoms with Gasteiger partial charge in [-0.25, -0.2) is 4.98 Å². The van der Waals surface area contributed by atoms with Gasteiger partial charge >= 0.3 is 0 Å². The molecular formula is C23H25N3O4. The summed E-state index contributed by atoms with van der Waals surface area (Å²) in [6.45, 7) is 6.57. The maximum atomic E-state index is 12.7. The second-order valence-corrected chi connectivity index (χ2v) is 7.53. The van der Waals surface area contributed by atoms with Crippen LogP contribution in [-0.2, 0) is 17.8 Å². The van der Waals surface area contributed by atoms with Gasteiger partial charge in [0.1, 0.15) is 17.6 Å². The Kier molecular flexibility index (Phi) is 5.44. The zero-order chi connectivity index (χ0) is 21.3. The topological polar surface area (TPSA) is 82.5 Å². The van der Waals surface area contributed by atoms with Gasteiger partial charge in [0.15, 0.2) is 0 Å². The Morgan fingerprint density at radius 2 is 2.20 bits per heavy atom. The van der Waals surface area contributed by atoms with Crippen LogP contribution in [0.4, 0.5) is 5.69 Å².